The van der Waals surface area contributed by atoms with Crippen LogP contribution in [-0.4, -0.2) is 11.6 Å². The highest BCUT2D eigenvalue weighted by atomic mass is 32.1. The summed E-state index contributed by atoms with van der Waals surface area (Å²) >= 11 is 1.51. The number of halogens is 2. The van der Waals surface area contributed by atoms with Gasteiger partial charge in [0.05, 0.1) is 11.7 Å². The van der Waals surface area contributed by atoms with Crippen molar-refractivity contribution in [2.24, 2.45) is 11.1 Å². The van der Waals surface area contributed by atoms with Crippen LogP contribution in [-0.2, 0) is 0 Å². The highest BCUT2D eigenvalue weighted by Crippen LogP contribution is 2.34. The molecule has 0 radical (unpaired) electrons. The van der Waals surface area contributed by atoms with E-state index in [1.807, 2.05) is 5.38 Å². The summed E-state index contributed by atoms with van der Waals surface area (Å²) in [4.78, 5) is 4.54. The van der Waals surface area contributed by atoms with Crippen LogP contribution in [0.1, 0.15) is 31.8 Å². The third-order valence-corrected chi connectivity index (χ3v) is 4.02. The average Bonchev–Trinajstić information content (AvgIpc) is 2.86. The molecule has 2 N–H and O–H groups in total. The summed E-state index contributed by atoms with van der Waals surface area (Å²) in [5, 5.41) is 2.79. The summed E-state index contributed by atoms with van der Waals surface area (Å²) in [6, 6.07) is 6.28. The molecule has 2 aromatic rings. The van der Waals surface area contributed by atoms with Crippen LogP contribution in [0.25, 0.3) is 11.3 Å². The fraction of sp³-hybridized carbons (Fsp3) is 0.400. The first-order valence-corrected chi connectivity index (χ1v) is 7.41. The molecule has 1 aromatic heterocycles. The van der Waals surface area contributed by atoms with E-state index in [1.54, 1.807) is 12.1 Å². The van der Waals surface area contributed by atoms with Gasteiger partial charge in [0.2, 0.25) is 0 Å². The van der Waals surface area contributed by atoms with E-state index in [2.05, 4.69) is 30.5 Å². The van der Waals surface area contributed by atoms with Crippen molar-refractivity contribution in [2.75, 3.05) is 0 Å². The van der Waals surface area contributed by atoms with Crippen LogP contribution in [0.5, 0.6) is 5.75 Å². The first-order chi connectivity index (χ1) is 9.77. The molecule has 21 heavy (non-hydrogen) atoms. The number of nitrogens with zero attached hydrogens (tertiary/aromatic N) is 1. The van der Waals surface area contributed by atoms with E-state index in [0.29, 0.717) is 0 Å². The number of rotatable bonds is 4. The third-order valence-electron chi connectivity index (χ3n) is 3.10. The Labute approximate surface area is 126 Å². The summed E-state index contributed by atoms with van der Waals surface area (Å²) in [5.74, 6) is 0.135. The first kappa shape index (κ1) is 15.9. The molecule has 1 atom stereocenters. The maximum atomic E-state index is 12.1. The van der Waals surface area contributed by atoms with E-state index < -0.39 is 6.61 Å². The number of ether oxygens (including phenoxy) is 1. The number of aromatic nitrogens is 1. The summed E-state index contributed by atoms with van der Waals surface area (Å²) in [5.41, 5.74) is 7.76. The topological polar surface area (TPSA) is 48.1 Å². The van der Waals surface area contributed by atoms with Crippen LogP contribution in [0, 0.1) is 5.41 Å². The lowest BCUT2D eigenvalue weighted by Gasteiger charge is -2.24. The molecule has 0 saturated heterocycles. The first-order valence-electron chi connectivity index (χ1n) is 6.53. The number of hydrogen-bond acceptors (Lipinski definition) is 4. The van der Waals surface area contributed by atoms with Gasteiger partial charge in [-0.3, -0.25) is 0 Å². The van der Waals surface area contributed by atoms with Gasteiger partial charge in [0.25, 0.3) is 0 Å². The molecular weight excluding hydrogens is 294 g/mol. The molecule has 1 unspecified atom stereocenters. The van der Waals surface area contributed by atoms with E-state index in [9.17, 15) is 8.78 Å². The van der Waals surface area contributed by atoms with Crippen molar-refractivity contribution in [1.29, 1.82) is 0 Å². The molecule has 1 aromatic carbocycles. The van der Waals surface area contributed by atoms with Crippen molar-refractivity contribution >= 4 is 11.3 Å². The molecule has 6 heteroatoms. The Balaban J connectivity index is 2.18. The summed E-state index contributed by atoms with van der Waals surface area (Å²) in [6.45, 7) is 3.38. The molecule has 0 aliphatic rings. The predicted octanol–water partition coefficient (Wildman–Crippen LogP) is 4.46. The molecule has 0 aliphatic heterocycles. The van der Waals surface area contributed by atoms with E-state index in [-0.39, 0.29) is 17.2 Å². The highest BCUT2D eigenvalue weighted by Gasteiger charge is 2.25. The van der Waals surface area contributed by atoms with Crippen LogP contribution < -0.4 is 10.5 Å². The number of benzene rings is 1. The van der Waals surface area contributed by atoms with Crippen LogP contribution in [0.3, 0.4) is 0 Å². The van der Waals surface area contributed by atoms with Gasteiger partial charge in [-0.25, -0.2) is 4.98 Å². The van der Waals surface area contributed by atoms with Gasteiger partial charge in [-0.05, 0) is 29.7 Å². The van der Waals surface area contributed by atoms with Gasteiger partial charge in [0.1, 0.15) is 10.8 Å². The Kier molecular flexibility index (Phi) is 4.58. The lowest BCUT2D eigenvalue weighted by atomic mass is 9.88. The fourth-order valence-electron chi connectivity index (χ4n) is 1.74. The van der Waals surface area contributed by atoms with E-state index in [0.717, 1.165) is 16.3 Å². The Morgan fingerprint density at radius 3 is 2.33 bits per heavy atom. The quantitative estimate of drug-likeness (QED) is 0.907. The number of nitrogens with two attached hydrogens (primary N) is 1. The van der Waals surface area contributed by atoms with Crippen LogP contribution in [0.2, 0.25) is 0 Å². The summed E-state index contributed by atoms with van der Waals surface area (Å²) in [6.07, 6.45) is 0. The van der Waals surface area contributed by atoms with Crippen LogP contribution in [0.15, 0.2) is 29.6 Å². The normalized spacial score (nSPS) is 13.5. The molecule has 3 nitrogen and oxygen atoms in total. The Morgan fingerprint density at radius 2 is 1.81 bits per heavy atom. The van der Waals surface area contributed by atoms with E-state index in [1.165, 1.54) is 23.5 Å². The number of thiazole rings is 1. The average molecular weight is 312 g/mol. The fourth-order valence-corrected chi connectivity index (χ4v) is 2.81. The van der Waals surface area contributed by atoms with Crippen molar-refractivity contribution < 1.29 is 13.5 Å². The molecule has 1 heterocycles. The van der Waals surface area contributed by atoms with Crippen molar-refractivity contribution in [1.82, 2.24) is 4.98 Å². The van der Waals surface area contributed by atoms with Gasteiger partial charge in [0.15, 0.2) is 0 Å². The molecule has 0 saturated carbocycles. The van der Waals surface area contributed by atoms with Gasteiger partial charge in [-0.15, -0.1) is 11.3 Å². The Bertz CT molecular complexity index is 590. The number of alkyl halides is 2. The molecule has 0 bridgehead atoms. The third kappa shape index (κ3) is 3.98. The minimum absolute atomic E-state index is 0.0654. The Hall–Kier alpha value is -1.53. The minimum Gasteiger partial charge on any atom is -0.435 e. The van der Waals surface area contributed by atoms with Gasteiger partial charge < -0.3 is 10.5 Å². The second kappa shape index (κ2) is 6.07. The van der Waals surface area contributed by atoms with Crippen molar-refractivity contribution in [3.63, 3.8) is 0 Å². The summed E-state index contributed by atoms with van der Waals surface area (Å²) < 4.78 is 28.5. The molecular formula is C15H18F2N2OS. The predicted molar refractivity (Wildman–Crippen MR) is 80.6 cm³/mol. The van der Waals surface area contributed by atoms with Gasteiger partial charge >= 0.3 is 6.61 Å². The minimum atomic E-state index is -2.81. The van der Waals surface area contributed by atoms with Crippen molar-refractivity contribution in [3.05, 3.63) is 34.7 Å². The largest absolute Gasteiger partial charge is 0.435 e. The molecule has 0 spiro atoms. The monoisotopic (exact) mass is 312 g/mol. The maximum Gasteiger partial charge on any atom is 0.387 e. The molecule has 0 fully saturated rings. The second-order valence-corrected chi connectivity index (χ2v) is 6.71. The SMILES string of the molecule is CC(C)(C)C(N)c1nc(-c2ccc(OC(F)F)cc2)cs1. The highest BCUT2D eigenvalue weighted by molar-refractivity contribution is 7.10. The standard InChI is InChI=1S/C15H18F2N2OS/c1-15(2,3)12(18)13-19-11(8-21-13)9-4-6-10(7-5-9)20-14(16)17/h4-8,12,14H,18H2,1-3H3. The maximum absolute atomic E-state index is 12.1. The van der Waals surface area contributed by atoms with Gasteiger partial charge in [-0.2, -0.15) is 8.78 Å². The van der Waals surface area contributed by atoms with Crippen molar-refractivity contribution in [2.45, 2.75) is 33.4 Å². The lowest BCUT2D eigenvalue weighted by Crippen LogP contribution is -2.26. The molecule has 2 rings (SSSR count). The second-order valence-electron chi connectivity index (χ2n) is 5.82. The van der Waals surface area contributed by atoms with Gasteiger partial charge in [-0.1, -0.05) is 20.8 Å². The van der Waals surface area contributed by atoms with Gasteiger partial charge in [0, 0.05) is 10.9 Å². The zero-order valence-electron chi connectivity index (χ0n) is 12.1. The molecule has 114 valence electrons. The van der Waals surface area contributed by atoms with E-state index in [4.69, 9.17) is 5.73 Å². The van der Waals surface area contributed by atoms with E-state index >= 15 is 0 Å². The van der Waals surface area contributed by atoms with Crippen LogP contribution >= 0.6 is 11.3 Å². The number of hydrogen-bond donors (Lipinski definition) is 1. The zero-order valence-corrected chi connectivity index (χ0v) is 13.0. The van der Waals surface area contributed by atoms with Crippen molar-refractivity contribution in [3.8, 4) is 17.0 Å². The zero-order chi connectivity index (χ0) is 15.6. The molecule has 0 aliphatic carbocycles. The smallest absolute Gasteiger partial charge is 0.387 e. The Morgan fingerprint density at radius 1 is 1.19 bits per heavy atom. The van der Waals surface area contributed by atoms with Crippen LogP contribution in [0.4, 0.5) is 8.78 Å². The summed E-state index contributed by atoms with van der Waals surface area (Å²) in [7, 11) is 0. The lowest BCUT2D eigenvalue weighted by molar-refractivity contribution is -0.0498. The molecule has 0 amide bonds.